The van der Waals surface area contributed by atoms with Gasteiger partial charge in [-0.3, -0.25) is 14.9 Å². The van der Waals surface area contributed by atoms with Crippen molar-refractivity contribution in [2.24, 2.45) is 0 Å². The fraction of sp³-hybridized carbons (Fsp3) is 0.111. The molecule has 0 radical (unpaired) electrons. The molecule has 0 unspecified atom stereocenters. The summed E-state index contributed by atoms with van der Waals surface area (Å²) in [5.74, 6) is -1.31. The monoisotopic (exact) mass is 353 g/mol. The summed E-state index contributed by atoms with van der Waals surface area (Å²) >= 11 is 0. The molecule has 132 valence electrons. The predicted octanol–water partition coefficient (Wildman–Crippen LogP) is 3.51. The number of benzene rings is 2. The first-order valence-corrected chi connectivity index (χ1v) is 7.85. The van der Waals surface area contributed by atoms with Crippen LogP contribution >= 0.6 is 0 Å². The van der Waals surface area contributed by atoms with Gasteiger partial charge in [-0.2, -0.15) is 0 Å². The SMILES string of the molecule is CCOC(=O)c1[nH]c2ccccc2c1NC(=O)c1ccccc1[N+](=O)[O-]. The summed E-state index contributed by atoms with van der Waals surface area (Å²) in [4.78, 5) is 38.3. The minimum atomic E-state index is -0.687. The number of aromatic nitrogens is 1. The molecular weight excluding hydrogens is 338 g/mol. The molecule has 0 aliphatic carbocycles. The molecule has 3 rings (SSSR count). The molecule has 1 aromatic heterocycles. The van der Waals surface area contributed by atoms with Crippen LogP contribution < -0.4 is 5.32 Å². The van der Waals surface area contributed by atoms with Crippen molar-refractivity contribution in [2.45, 2.75) is 6.92 Å². The summed E-state index contributed by atoms with van der Waals surface area (Å²) in [5, 5.41) is 14.4. The summed E-state index contributed by atoms with van der Waals surface area (Å²) in [6, 6.07) is 12.6. The Hall–Kier alpha value is -3.68. The van der Waals surface area contributed by atoms with Gasteiger partial charge in [-0.05, 0) is 19.1 Å². The van der Waals surface area contributed by atoms with E-state index in [0.717, 1.165) is 0 Å². The zero-order valence-electron chi connectivity index (χ0n) is 13.8. The highest BCUT2D eigenvalue weighted by atomic mass is 16.6. The Balaban J connectivity index is 2.06. The third-order valence-electron chi connectivity index (χ3n) is 3.77. The van der Waals surface area contributed by atoms with Crippen molar-refractivity contribution in [1.82, 2.24) is 4.98 Å². The number of aromatic amines is 1. The quantitative estimate of drug-likeness (QED) is 0.414. The lowest BCUT2D eigenvalue weighted by Gasteiger charge is -2.07. The number of ether oxygens (including phenoxy) is 1. The van der Waals surface area contributed by atoms with Gasteiger partial charge in [0.05, 0.1) is 17.2 Å². The smallest absolute Gasteiger partial charge is 0.356 e. The van der Waals surface area contributed by atoms with E-state index in [1.54, 1.807) is 31.2 Å². The second-order valence-electron chi connectivity index (χ2n) is 5.37. The highest BCUT2D eigenvalue weighted by Crippen LogP contribution is 2.29. The highest BCUT2D eigenvalue weighted by molar-refractivity contribution is 6.15. The first-order valence-electron chi connectivity index (χ1n) is 7.85. The average molecular weight is 353 g/mol. The number of nitrogens with one attached hydrogen (secondary N) is 2. The molecule has 0 aliphatic rings. The predicted molar refractivity (Wildman–Crippen MR) is 95.3 cm³/mol. The maximum absolute atomic E-state index is 12.6. The van der Waals surface area contributed by atoms with E-state index in [0.29, 0.717) is 10.9 Å². The number of fused-ring (bicyclic) bond motifs is 1. The Morgan fingerprint density at radius 1 is 1.15 bits per heavy atom. The van der Waals surface area contributed by atoms with Crippen molar-refractivity contribution in [1.29, 1.82) is 0 Å². The molecule has 0 bridgehead atoms. The van der Waals surface area contributed by atoms with Crippen LogP contribution in [0.15, 0.2) is 48.5 Å². The van der Waals surface area contributed by atoms with Gasteiger partial charge in [-0.15, -0.1) is 0 Å². The van der Waals surface area contributed by atoms with E-state index in [2.05, 4.69) is 10.3 Å². The summed E-state index contributed by atoms with van der Waals surface area (Å²) in [6.07, 6.45) is 0. The Morgan fingerprint density at radius 3 is 2.58 bits per heavy atom. The van der Waals surface area contributed by atoms with Crippen molar-refractivity contribution in [3.63, 3.8) is 0 Å². The largest absolute Gasteiger partial charge is 0.461 e. The van der Waals surface area contributed by atoms with Gasteiger partial charge in [0.15, 0.2) is 0 Å². The number of carbonyl (C=O) groups is 2. The van der Waals surface area contributed by atoms with Gasteiger partial charge >= 0.3 is 5.97 Å². The van der Waals surface area contributed by atoms with Crippen LogP contribution in [0.25, 0.3) is 10.9 Å². The minimum absolute atomic E-state index is 0.0833. The Morgan fingerprint density at radius 2 is 1.85 bits per heavy atom. The second-order valence-corrected chi connectivity index (χ2v) is 5.37. The van der Waals surface area contributed by atoms with Crippen molar-refractivity contribution < 1.29 is 19.2 Å². The number of hydrogen-bond acceptors (Lipinski definition) is 5. The normalized spacial score (nSPS) is 10.5. The maximum Gasteiger partial charge on any atom is 0.356 e. The van der Waals surface area contributed by atoms with Crippen LogP contribution in [0.1, 0.15) is 27.8 Å². The number of nitro benzene ring substituents is 1. The van der Waals surface area contributed by atoms with Gasteiger partial charge in [-0.1, -0.05) is 30.3 Å². The molecule has 1 heterocycles. The van der Waals surface area contributed by atoms with Gasteiger partial charge in [0.25, 0.3) is 11.6 Å². The number of hydrogen-bond donors (Lipinski definition) is 2. The number of nitro groups is 1. The fourth-order valence-electron chi connectivity index (χ4n) is 2.63. The number of amides is 1. The first-order chi connectivity index (χ1) is 12.5. The van der Waals surface area contributed by atoms with Gasteiger partial charge in [0.2, 0.25) is 0 Å². The summed E-state index contributed by atoms with van der Waals surface area (Å²) in [6.45, 7) is 1.85. The van der Waals surface area contributed by atoms with Crippen molar-refractivity contribution in [2.75, 3.05) is 11.9 Å². The van der Waals surface area contributed by atoms with Crippen LogP contribution in [0, 0.1) is 10.1 Å². The minimum Gasteiger partial charge on any atom is -0.461 e. The third kappa shape index (κ3) is 3.12. The molecule has 26 heavy (non-hydrogen) atoms. The topological polar surface area (TPSA) is 114 Å². The molecule has 2 aromatic carbocycles. The van der Waals surface area contributed by atoms with E-state index >= 15 is 0 Å². The zero-order chi connectivity index (χ0) is 18.7. The van der Waals surface area contributed by atoms with E-state index in [1.165, 1.54) is 24.3 Å². The van der Waals surface area contributed by atoms with Crippen LogP contribution in [0.4, 0.5) is 11.4 Å². The lowest BCUT2D eigenvalue weighted by atomic mass is 10.1. The molecule has 0 fully saturated rings. The second kappa shape index (κ2) is 7.06. The van der Waals surface area contributed by atoms with Gasteiger partial charge in [0.1, 0.15) is 11.3 Å². The van der Waals surface area contributed by atoms with Crippen LogP contribution in [0.3, 0.4) is 0 Å². The van der Waals surface area contributed by atoms with Crippen molar-refractivity contribution in [3.05, 3.63) is 69.9 Å². The van der Waals surface area contributed by atoms with Crippen molar-refractivity contribution >= 4 is 34.2 Å². The average Bonchev–Trinajstić information content (AvgIpc) is 3.00. The molecular formula is C18H15N3O5. The number of anilines is 1. The molecule has 2 N–H and O–H groups in total. The first kappa shape index (κ1) is 17.2. The van der Waals surface area contributed by atoms with Crippen molar-refractivity contribution in [3.8, 4) is 0 Å². The van der Waals surface area contributed by atoms with Crippen LogP contribution in [0.2, 0.25) is 0 Å². The number of H-pyrrole nitrogens is 1. The maximum atomic E-state index is 12.6. The molecule has 0 saturated carbocycles. The fourth-order valence-corrected chi connectivity index (χ4v) is 2.63. The van der Waals surface area contributed by atoms with Gasteiger partial charge in [-0.25, -0.2) is 4.79 Å². The summed E-state index contributed by atoms with van der Waals surface area (Å²) in [7, 11) is 0. The summed E-state index contributed by atoms with van der Waals surface area (Å²) < 4.78 is 5.02. The molecule has 0 aliphatic heterocycles. The molecule has 1 amide bonds. The van der Waals surface area contributed by atoms with Gasteiger partial charge < -0.3 is 15.0 Å². The van der Waals surface area contributed by atoms with Crippen LogP contribution in [0.5, 0.6) is 0 Å². The van der Waals surface area contributed by atoms with Gasteiger partial charge in [0, 0.05) is 17.0 Å². The molecule has 0 atom stereocenters. The number of para-hydroxylation sites is 2. The molecule has 0 saturated heterocycles. The van der Waals surface area contributed by atoms with E-state index < -0.39 is 16.8 Å². The highest BCUT2D eigenvalue weighted by Gasteiger charge is 2.24. The van der Waals surface area contributed by atoms with E-state index in [4.69, 9.17) is 4.74 Å². The van der Waals surface area contributed by atoms with Crippen LogP contribution in [-0.4, -0.2) is 28.4 Å². The number of esters is 1. The number of rotatable bonds is 5. The van der Waals surface area contributed by atoms with E-state index in [1.807, 2.05) is 0 Å². The summed E-state index contributed by atoms with van der Waals surface area (Å²) in [5.41, 5.74) is 0.524. The third-order valence-corrected chi connectivity index (χ3v) is 3.77. The Labute approximate surface area is 147 Å². The molecule has 0 spiro atoms. The number of carbonyl (C=O) groups excluding carboxylic acids is 2. The Bertz CT molecular complexity index is 1010. The van der Waals surface area contributed by atoms with Crippen LogP contribution in [-0.2, 0) is 4.74 Å². The number of nitrogens with zero attached hydrogens (tertiary/aromatic N) is 1. The van der Waals surface area contributed by atoms with E-state index in [9.17, 15) is 19.7 Å². The molecule has 8 heteroatoms. The van der Waals surface area contributed by atoms with E-state index in [-0.39, 0.29) is 29.2 Å². The standard InChI is InChI=1S/C18H15N3O5/c1-2-26-18(23)16-15(11-7-3-5-9-13(11)19-16)20-17(22)12-8-4-6-10-14(12)21(24)25/h3-10,19H,2H2,1H3,(H,20,22). The lowest BCUT2D eigenvalue weighted by Crippen LogP contribution is -2.16. The molecule has 3 aromatic rings. The lowest BCUT2D eigenvalue weighted by molar-refractivity contribution is -0.385. The zero-order valence-corrected chi connectivity index (χ0v) is 13.8. The molecule has 8 nitrogen and oxygen atoms in total. The Kier molecular flexibility index (Phi) is 4.66.